The molecule has 2 amide bonds. The van der Waals surface area contributed by atoms with Gasteiger partial charge in [-0.15, -0.1) is 0 Å². The van der Waals surface area contributed by atoms with Crippen molar-refractivity contribution in [2.75, 3.05) is 32.8 Å². The van der Waals surface area contributed by atoms with Crippen LogP contribution in [0.25, 0.3) is 0 Å². The number of aromatic amines is 2. The van der Waals surface area contributed by atoms with E-state index in [4.69, 9.17) is 4.74 Å². The van der Waals surface area contributed by atoms with Gasteiger partial charge in [0.05, 0.1) is 6.61 Å². The Labute approximate surface area is 160 Å². The molecule has 1 aliphatic rings. The van der Waals surface area contributed by atoms with Gasteiger partial charge in [-0.2, -0.15) is 0 Å². The normalized spacial score (nSPS) is 14.5. The molecule has 0 bridgehead atoms. The molecule has 0 unspecified atom stereocenters. The van der Waals surface area contributed by atoms with E-state index < -0.39 is 17.2 Å². The first-order valence-electron chi connectivity index (χ1n) is 9.13. The number of hydrogen-bond acceptors (Lipinski definition) is 5. The maximum Gasteiger partial charge on any atom is 0.325 e. The van der Waals surface area contributed by atoms with Crippen molar-refractivity contribution in [1.82, 2.24) is 19.8 Å². The zero-order chi connectivity index (χ0) is 20.1. The summed E-state index contributed by atoms with van der Waals surface area (Å²) in [6.07, 6.45) is 1.72. The van der Waals surface area contributed by atoms with Gasteiger partial charge in [0.1, 0.15) is 11.3 Å². The number of benzene rings is 1. The van der Waals surface area contributed by atoms with E-state index in [0.29, 0.717) is 50.5 Å². The van der Waals surface area contributed by atoms with Gasteiger partial charge in [-0.1, -0.05) is 0 Å². The second kappa shape index (κ2) is 8.55. The van der Waals surface area contributed by atoms with E-state index in [1.807, 2.05) is 11.9 Å². The Hall–Kier alpha value is -3.36. The molecule has 1 aliphatic heterocycles. The number of hydrogen-bond donors (Lipinski definition) is 2. The number of aromatic nitrogens is 2. The Morgan fingerprint density at radius 1 is 1.00 bits per heavy atom. The lowest BCUT2D eigenvalue weighted by atomic mass is 10.2. The van der Waals surface area contributed by atoms with Crippen LogP contribution in [0.2, 0.25) is 0 Å². The second-order valence-electron chi connectivity index (χ2n) is 6.38. The van der Waals surface area contributed by atoms with E-state index in [1.54, 1.807) is 29.2 Å². The molecule has 2 N–H and O–H groups in total. The number of carbonyl (C=O) groups is 2. The van der Waals surface area contributed by atoms with Gasteiger partial charge < -0.3 is 19.5 Å². The minimum atomic E-state index is -0.722. The van der Waals surface area contributed by atoms with E-state index >= 15 is 0 Å². The monoisotopic (exact) mass is 386 g/mol. The molecule has 0 atom stereocenters. The predicted molar refractivity (Wildman–Crippen MR) is 102 cm³/mol. The summed E-state index contributed by atoms with van der Waals surface area (Å²) in [6.45, 7) is 4.05. The Bertz CT molecular complexity index is 963. The van der Waals surface area contributed by atoms with E-state index in [9.17, 15) is 19.2 Å². The van der Waals surface area contributed by atoms with Crippen LogP contribution < -0.4 is 16.0 Å². The van der Waals surface area contributed by atoms with Crippen molar-refractivity contribution in [2.24, 2.45) is 0 Å². The minimum absolute atomic E-state index is 0.112. The molecule has 9 nitrogen and oxygen atoms in total. The van der Waals surface area contributed by atoms with Gasteiger partial charge in [0.15, 0.2) is 0 Å². The van der Waals surface area contributed by atoms with Crippen molar-refractivity contribution in [3.8, 4) is 5.75 Å². The quantitative estimate of drug-likeness (QED) is 0.792. The van der Waals surface area contributed by atoms with Crippen molar-refractivity contribution in [1.29, 1.82) is 0 Å². The summed E-state index contributed by atoms with van der Waals surface area (Å²) < 4.78 is 5.39. The van der Waals surface area contributed by atoms with Crippen LogP contribution in [0.1, 0.15) is 34.1 Å². The fourth-order valence-electron chi connectivity index (χ4n) is 3.11. The summed E-state index contributed by atoms with van der Waals surface area (Å²) in [6, 6.07) is 6.96. The van der Waals surface area contributed by atoms with Crippen LogP contribution in [-0.2, 0) is 0 Å². The summed E-state index contributed by atoms with van der Waals surface area (Å²) in [5, 5.41) is 0. The fraction of sp³-hybridized carbons (Fsp3) is 0.368. The summed E-state index contributed by atoms with van der Waals surface area (Å²) >= 11 is 0. The number of rotatable bonds is 4. The third-order valence-corrected chi connectivity index (χ3v) is 4.53. The molecule has 2 aromatic rings. The summed E-state index contributed by atoms with van der Waals surface area (Å²) in [5.74, 6) is 0.130. The first kappa shape index (κ1) is 19.4. The molecular formula is C19H22N4O5. The fourth-order valence-corrected chi connectivity index (χ4v) is 3.11. The number of H-pyrrole nitrogens is 2. The first-order chi connectivity index (χ1) is 13.5. The Morgan fingerprint density at radius 2 is 1.64 bits per heavy atom. The standard InChI is InChI=1S/C19H22N4O5/c1-2-28-14-6-4-13(5-7-14)17(25)22-8-3-9-23(11-10-22)18(26)15-12-20-19(27)21-16(15)24/h4-7,12H,2-3,8-11H2,1H3,(H2,20,21,24,27). The Morgan fingerprint density at radius 3 is 2.25 bits per heavy atom. The average molecular weight is 386 g/mol. The highest BCUT2D eigenvalue weighted by Gasteiger charge is 2.25. The van der Waals surface area contributed by atoms with Crippen molar-refractivity contribution in [3.05, 3.63) is 62.4 Å². The molecule has 1 saturated heterocycles. The highest BCUT2D eigenvalue weighted by molar-refractivity contribution is 5.95. The molecule has 3 rings (SSSR count). The molecular weight excluding hydrogens is 364 g/mol. The maximum absolute atomic E-state index is 12.7. The van der Waals surface area contributed by atoms with Crippen LogP contribution in [0.4, 0.5) is 0 Å². The van der Waals surface area contributed by atoms with Gasteiger partial charge in [0.2, 0.25) is 0 Å². The summed E-state index contributed by atoms with van der Waals surface area (Å²) in [7, 11) is 0. The highest BCUT2D eigenvalue weighted by atomic mass is 16.5. The number of nitrogens with one attached hydrogen (secondary N) is 2. The molecule has 1 aromatic carbocycles. The lowest BCUT2D eigenvalue weighted by Crippen LogP contribution is -2.40. The molecule has 9 heteroatoms. The molecule has 1 aromatic heterocycles. The van der Waals surface area contributed by atoms with Crippen LogP contribution in [-0.4, -0.2) is 64.4 Å². The van der Waals surface area contributed by atoms with E-state index in [-0.39, 0.29) is 11.5 Å². The minimum Gasteiger partial charge on any atom is -0.494 e. The first-order valence-corrected chi connectivity index (χ1v) is 9.13. The number of carbonyl (C=O) groups excluding carboxylic acids is 2. The molecule has 0 saturated carbocycles. The number of ether oxygens (including phenoxy) is 1. The SMILES string of the molecule is CCOc1ccc(C(=O)N2CCCN(C(=O)c3c[nH]c(=O)[nH]c3=O)CC2)cc1. The predicted octanol–water partition coefficient (Wildman–Crippen LogP) is 0.450. The van der Waals surface area contributed by atoms with Crippen LogP contribution >= 0.6 is 0 Å². The molecule has 148 valence electrons. The second-order valence-corrected chi connectivity index (χ2v) is 6.38. The molecule has 28 heavy (non-hydrogen) atoms. The Kier molecular flexibility index (Phi) is 5.93. The molecule has 0 radical (unpaired) electrons. The van der Waals surface area contributed by atoms with Crippen molar-refractivity contribution in [2.45, 2.75) is 13.3 Å². The lowest BCUT2D eigenvalue weighted by molar-refractivity contribution is 0.0717. The van der Waals surface area contributed by atoms with E-state index in [1.165, 1.54) is 4.90 Å². The van der Waals surface area contributed by atoms with E-state index in [0.717, 1.165) is 6.20 Å². The van der Waals surface area contributed by atoms with Crippen LogP contribution in [0.3, 0.4) is 0 Å². The van der Waals surface area contributed by atoms with Gasteiger partial charge >= 0.3 is 5.69 Å². The topological polar surface area (TPSA) is 116 Å². The zero-order valence-electron chi connectivity index (χ0n) is 15.6. The third-order valence-electron chi connectivity index (χ3n) is 4.53. The average Bonchev–Trinajstić information content (AvgIpc) is 2.94. The maximum atomic E-state index is 12.7. The van der Waals surface area contributed by atoms with Gasteiger partial charge in [-0.3, -0.25) is 19.4 Å². The van der Waals surface area contributed by atoms with Gasteiger partial charge in [0.25, 0.3) is 17.4 Å². The van der Waals surface area contributed by atoms with Gasteiger partial charge in [-0.05, 0) is 37.6 Å². The lowest BCUT2D eigenvalue weighted by Gasteiger charge is -2.22. The van der Waals surface area contributed by atoms with E-state index in [2.05, 4.69) is 4.98 Å². The summed E-state index contributed by atoms with van der Waals surface area (Å²) in [4.78, 5) is 55.9. The van der Waals surface area contributed by atoms with Crippen LogP contribution in [0.5, 0.6) is 5.75 Å². The van der Waals surface area contributed by atoms with Crippen LogP contribution in [0.15, 0.2) is 40.1 Å². The number of amides is 2. The number of nitrogens with zero attached hydrogens (tertiary/aromatic N) is 2. The molecule has 0 aliphatic carbocycles. The Balaban J connectivity index is 1.67. The summed E-state index contributed by atoms with van der Waals surface area (Å²) in [5.41, 5.74) is -0.948. The molecule has 2 heterocycles. The zero-order valence-corrected chi connectivity index (χ0v) is 15.6. The highest BCUT2D eigenvalue weighted by Crippen LogP contribution is 2.15. The van der Waals surface area contributed by atoms with Gasteiger partial charge in [0, 0.05) is 37.9 Å². The van der Waals surface area contributed by atoms with Crippen molar-refractivity contribution < 1.29 is 14.3 Å². The van der Waals surface area contributed by atoms with Crippen molar-refractivity contribution >= 4 is 11.8 Å². The molecule has 1 fully saturated rings. The third kappa shape index (κ3) is 4.30. The molecule has 0 spiro atoms. The van der Waals surface area contributed by atoms with Crippen molar-refractivity contribution in [3.63, 3.8) is 0 Å². The smallest absolute Gasteiger partial charge is 0.325 e. The largest absolute Gasteiger partial charge is 0.494 e. The van der Waals surface area contributed by atoms with Gasteiger partial charge in [-0.25, -0.2) is 4.79 Å². The van der Waals surface area contributed by atoms with Crippen LogP contribution in [0, 0.1) is 0 Å².